The molecule has 20 heavy (non-hydrogen) atoms. The van der Waals surface area contributed by atoms with Crippen LogP contribution in [-0.4, -0.2) is 29.8 Å². The molecule has 0 aliphatic carbocycles. The van der Waals surface area contributed by atoms with Crippen molar-refractivity contribution in [1.82, 2.24) is 0 Å². The summed E-state index contributed by atoms with van der Waals surface area (Å²) in [5.41, 5.74) is 0.126. The van der Waals surface area contributed by atoms with Crippen LogP contribution in [0.15, 0.2) is 11.5 Å². The minimum absolute atomic E-state index is 0.0461. The van der Waals surface area contributed by atoms with Gasteiger partial charge in [0.25, 0.3) is 0 Å². The summed E-state index contributed by atoms with van der Waals surface area (Å²) < 4.78 is 13.9. The van der Waals surface area contributed by atoms with E-state index in [2.05, 4.69) is 19.2 Å². The van der Waals surface area contributed by atoms with Crippen molar-refractivity contribution < 1.29 is 38.7 Å². The third kappa shape index (κ3) is 5.89. The van der Waals surface area contributed by atoms with Crippen LogP contribution >= 0.6 is 0 Å². The molecule has 1 aliphatic heterocycles. The van der Waals surface area contributed by atoms with E-state index in [1.54, 1.807) is 0 Å². The highest BCUT2D eigenvalue weighted by Gasteiger charge is 2.33. The second-order valence-corrected chi connectivity index (χ2v) is 4.59. The molecule has 1 heterocycles. The third-order valence-corrected chi connectivity index (χ3v) is 2.10. The Balaban J connectivity index is 2.48. The average molecular weight is 290 g/mol. The maximum absolute atomic E-state index is 11.7. The fourth-order valence-electron chi connectivity index (χ4n) is 1.38. The van der Waals surface area contributed by atoms with Gasteiger partial charge in [-0.15, -0.1) is 0 Å². The summed E-state index contributed by atoms with van der Waals surface area (Å²) in [6.07, 6.45) is -3.06. The lowest BCUT2D eigenvalue weighted by atomic mass is 10.0. The highest BCUT2D eigenvalue weighted by molar-refractivity contribution is 5.95. The minimum Gasteiger partial charge on any atom is -0.404 e. The molecule has 0 amide bonds. The first kappa shape index (κ1) is 16.3. The summed E-state index contributed by atoms with van der Waals surface area (Å²) in [6.45, 7) is 6.49. The van der Waals surface area contributed by atoms with Gasteiger partial charge in [-0.3, -0.25) is 0 Å². The molecule has 0 radical (unpaired) electrons. The largest absolute Gasteiger partial charge is 0.518 e. The summed E-state index contributed by atoms with van der Waals surface area (Å²) in [6, 6.07) is 0. The first-order valence-corrected chi connectivity index (χ1v) is 6.13. The molecule has 8 nitrogen and oxygen atoms in total. The molecule has 2 atom stereocenters. The predicted octanol–water partition coefficient (Wildman–Crippen LogP) is 1.59. The number of hydrogen-bond acceptors (Lipinski definition) is 8. The van der Waals surface area contributed by atoms with Gasteiger partial charge in [-0.2, -0.15) is 0 Å². The van der Waals surface area contributed by atoms with E-state index in [-0.39, 0.29) is 17.4 Å². The van der Waals surface area contributed by atoms with Gasteiger partial charge in [0.2, 0.25) is 6.29 Å². The molecular weight excluding hydrogens is 272 g/mol. The molecule has 2 unspecified atom stereocenters. The molecule has 1 fully saturated rings. The molecule has 0 aromatic carbocycles. The number of hydrogen-bond donors (Lipinski definition) is 1. The second-order valence-electron chi connectivity index (χ2n) is 4.59. The molecule has 1 aliphatic rings. The molecule has 0 bridgehead atoms. The smallest absolute Gasteiger partial charge is 0.404 e. The van der Waals surface area contributed by atoms with Crippen molar-refractivity contribution in [2.24, 2.45) is 5.92 Å². The van der Waals surface area contributed by atoms with Crippen LogP contribution in [0.25, 0.3) is 0 Å². The Morgan fingerprint density at radius 1 is 1.20 bits per heavy atom. The average Bonchev–Trinajstić information content (AvgIpc) is 3.07. The Morgan fingerprint density at radius 3 is 2.25 bits per heavy atom. The van der Waals surface area contributed by atoms with Gasteiger partial charge in [0.1, 0.15) is 5.57 Å². The van der Waals surface area contributed by atoms with Gasteiger partial charge < -0.3 is 19.3 Å². The van der Waals surface area contributed by atoms with Crippen molar-refractivity contribution in [2.45, 2.75) is 46.7 Å². The predicted molar refractivity (Wildman–Crippen MR) is 63.5 cm³/mol. The Morgan fingerprint density at radius 2 is 1.80 bits per heavy atom. The Hall–Kier alpha value is -1.80. The van der Waals surface area contributed by atoms with Crippen LogP contribution in [0.2, 0.25) is 0 Å². The van der Waals surface area contributed by atoms with E-state index < -0.39 is 24.7 Å². The monoisotopic (exact) mass is 290 g/mol. The zero-order valence-electron chi connectivity index (χ0n) is 11.7. The van der Waals surface area contributed by atoms with E-state index in [0.29, 0.717) is 6.42 Å². The fraction of sp³-hybridized carbons (Fsp3) is 0.667. The zero-order chi connectivity index (χ0) is 15.3. The summed E-state index contributed by atoms with van der Waals surface area (Å²) in [5, 5.41) is 8.92. The quantitative estimate of drug-likeness (QED) is 0.196. The summed E-state index contributed by atoms with van der Waals surface area (Å²) in [5.74, 6) is -0.711. The molecule has 0 aromatic heterocycles. The van der Waals surface area contributed by atoms with E-state index in [1.807, 2.05) is 13.8 Å². The van der Waals surface area contributed by atoms with Gasteiger partial charge in [-0.25, -0.2) is 19.4 Å². The van der Waals surface area contributed by atoms with E-state index in [1.165, 1.54) is 13.8 Å². The number of aliphatic hydroxyl groups is 1. The van der Waals surface area contributed by atoms with Crippen LogP contribution in [-0.2, 0) is 28.8 Å². The van der Waals surface area contributed by atoms with Crippen LogP contribution in [0.1, 0.15) is 34.1 Å². The van der Waals surface area contributed by atoms with Gasteiger partial charge in [-0.05, 0) is 26.2 Å². The molecule has 0 saturated carbocycles. The van der Waals surface area contributed by atoms with Crippen molar-refractivity contribution in [1.29, 1.82) is 0 Å². The molecule has 114 valence electrons. The van der Waals surface area contributed by atoms with E-state index in [9.17, 15) is 9.59 Å². The highest BCUT2D eigenvalue weighted by atomic mass is 17.4. The van der Waals surface area contributed by atoms with Crippen LogP contribution in [0.3, 0.4) is 0 Å². The van der Waals surface area contributed by atoms with Gasteiger partial charge >= 0.3 is 18.1 Å². The minimum atomic E-state index is -1.23. The molecule has 1 rings (SSSR count). The van der Waals surface area contributed by atoms with E-state index >= 15 is 0 Å². The number of aliphatic hydroxyl groups excluding tert-OH is 1. The lowest BCUT2D eigenvalue weighted by molar-refractivity contribution is -0.197. The van der Waals surface area contributed by atoms with Crippen molar-refractivity contribution >= 4 is 12.1 Å². The van der Waals surface area contributed by atoms with Crippen LogP contribution < -0.4 is 0 Å². The van der Waals surface area contributed by atoms with Crippen molar-refractivity contribution in [3.63, 3.8) is 0 Å². The number of carbonyl (C=O) groups excluding carboxylic acids is 2. The fourth-order valence-corrected chi connectivity index (χ4v) is 1.38. The number of ether oxygens (including phenoxy) is 3. The zero-order valence-corrected chi connectivity index (χ0v) is 11.7. The molecule has 0 aromatic rings. The second kappa shape index (κ2) is 7.11. The lowest BCUT2D eigenvalue weighted by Crippen LogP contribution is -2.25. The molecular formula is C12H18O8. The number of carbonyl (C=O) groups is 2. The Kier molecular flexibility index (Phi) is 5.78. The van der Waals surface area contributed by atoms with E-state index in [0.717, 1.165) is 0 Å². The third-order valence-electron chi connectivity index (χ3n) is 2.10. The first-order valence-electron chi connectivity index (χ1n) is 6.13. The lowest BCUT2D eigenvalue weighted by Gasteiger charge is -2.15. The normalized spacial score (nSPS) is 15.8. The van der Waals surface area contributed by atoms with Crippen molar-refractivity contribution in [3.8, 4) is 0 Å². The molecule has 0 spiro atoms. The molecule has 1 saturated heterocycles. The Labute approximate surface area is 116 Å². The van der Waals surface area contributed by atoms with Gasteiger partial charge in [-0.1, -0.05) is 13.8 Å². The van der Waals surface area contributed by atoms with Crippen LogP contribution in [0, 0.1) is 5.92 Å². The van der Waals surface area contributed by atoms with Gasteiger partial charge in [0.05, 0.1) is 0 Å². The Bertz CT molecular complexity index is 392. The number of esters is 1. The molecule has 1 N–H and O–H groups in total. The first-order chi connectivity index (χ1) is 9.29. The van der Waals surface area contributed by atoms with Crippen molar-refractivity contribution in [2.75, 3.05) is 0 Å². The van der Waals surface area contributed by atoms with Gasteiger partial charge in [0.15, 0.2) is 6.29 Å². The maximum atomic E-state index is 11.7. The van der Waals surface area contributed by atoms with Crippen LogP contribution in [0.4, 0.5) is 4.79 Å². The highest BCUT2D eigenvalue weighted by Crippen LogP contribution is 2.27. The molecule has 8 heteroatoms. The number of rotatable bonds is 6. The summed E-state index contributed by atoms with van der Waals surface area (Å²) in [7, 11) is 0. The maximum Gasteiger partial charge on any atom is 0.518 e. The standard InChI is InChI=1S/C12H18O8/c1-6(2)5-9(11-19-20-11)10(14)18-12(15)17-8(4)16-7(3)13/h6-8,13H,5H2,1-4H3. The van der Waals surface area contributed by atoms with Crippen molar-refractivity contribution in [3.05, 3.63) is 11.5 Å². The van der Waals surface area contributed by atoms with Crippen LogP contribution in [0.5, 0.6) is 0 Å². The SMILES string of the molecule is CC(C)CC(C(=O)OC(=O)OC(C)OC(C)O)=C1OO1. The summed E-state index contributed by atoms with van der Waals surface area (Å²) >= 11 is 0. The topological polar surface area (TPSA) is 107 Å². The van der Waals surface area contributed by atoms with Gasteiger partial charge in [0, 0.05) is 0 Å². The summed E-state index contributed by atoms with van der Waals surface area (Å²) in [4.78, 5) is 32.0. The van der Waals surface area contributed by atoms with E-state index in [4.69, 9.17) is 9.84 Å².